The zero-order valence-electron chi connectivity index (χ0n) is 27.7. The number of benzene rings is 2. The number of likely N-dealkylation sites (tertiary alicyclic amines) is 2. The van der Waals surface area contributed by atoms with Gasteiger partial charge >= 0.3 is 7.12 Å². The molecule has 0 spiro atoms. The summed E-state index contributed by atoms with van der Waals surface area (Å²) in [7, 11) is 0.580. The summed E-state index contributed by atoms with van der Waals surface area (Å²) in [5.74, 6) is -0.461. The van der Waals surface area contributed by atoms with Gasteiger partial charge in [0, 0.05) is 25.7 Å². The van der Waals surface area contributed by atoms with Crippen LogP contribution in [0.4, 0.5) is 0 Å². The second kappa shape index (κ2) is 14.8. The van der Waals surface area contributed by atoms with Crippen molar-refractivity contribution in [1.29, 1.82) is 0 Å². The Morgan fingerprint density at radius 1 is 1.11 bits per heavy atom. The molecule has 3 heterocycles. The van der Waals surface area contributed by atoms with Crippen LogP contribution in [0.15, 0.2) is 59.2 Å². The zero-order valence-corrected chi connectivity index (χ0v) is 29.8. The number of phenolic OH excluding ortho intramolecular Hbond substituents is 1. The summed E-state index contributed by atoms with van der Waals surface area (Å²) in [5, 5.41) is 21.2. The molecule has 0 aromatic heterocycles. The number of carbonyl (C=O) groups excluding carboxylic acids is 2. The van der Waals surface area contributed by atoms with E-state index in [1.807, 2.05) is 18.2 Å². The maximum absolute atomic E-state index is 14.2. The number of imide groups is 1. The number of methoxy groups -OCH3 is 1. The molecule has 3 saturated heterocycles. The number of aromatic hydroxyl groups is 1. The smallest absolute Gasteiger partial charge is 0.455 e. The first-order valence-corrected chi connectivity index (χ1v) is 18.2. The van der Waals surface area contributed by atoms with E-state index >= 15 is 0 Å². The van der Waals surface area contributed by atoms with E-state index in [1.54, 1.807) is 12.0 Å². The van der Waals surface area contributed by atoms with Crippen LogP contribution in [0.1, 0.15) is 69.9 Å². The van der Waals surface area contributed by atoms with Crippen LogP contribution < -0.4 is 4.74 Å². The average molecular weight is 752 g/mol. The molecule has 2 amide bonds. The third-order valence-electron chi connectivity index (χ3n) is 10.6. The van der Waals surface area contributed by atoms with Gasteiger partial charge < -0.3 is 19.5 Å². The lowest BCUT2D eigenvalue weighted by Gasteiger charge is -2.42. The molecule has 3 fully saturated rings. The summed E-state index contributed by atoms with van der Waals surface area (Å²) in [6.07, 6.45) is 7.69. The molecular weight excluding hydrogens is 706 g/mol. The summed E-state index contributed by atoms with van der Waals surface area (Å²) in [5.41, 5.74) is 5.74. The Labute approximate surface area is 292 Å². The van der Waals surface area contributed by atoms with Crippen LogP contribution in [-0.4, -0.2) is 71.2 Å². The van der Waals surface area contributed by atoms with Gasteiger partial charge in [0.15, 0.2) is 11.5 Å². The number of halogens is 1. The molecule has 0 saturated carbocycles. The lowest BCUT2D eigenvalue weighted by molar-refractivity contribution is -0.144. The Morgan fingerprint density at radius 3 is 2.55 bits per heavy atom. The van der Waals surface area contributed by atoms with E-state index in [2.05, 4.69) is 71.7 Å². The molecule has 0 unspecified atom stereocenters. The van der Waals surface area contributed by atoms with Crippen molar-refractivity contribution in [2.24, 2.45) is 17.8 Å². The van der Waals surface area contributed by atoms with Crippen LogP contribution in [0.2, 0.25) is 6.32 Å². The number of fused-ring (bicyclic) bond motifs is 3. The molecular formula is C37H46BIN2O6. The molecule has 2 aromatic carbocycles. The number of phenols is 1. The van der Waals surface area contributed by atoms with Crippen LogP contribution in [0.5, 0.6) is 11.5 Å². The molecule has 2 aromatic rings. The summed E-state index contributed by atoms with van der Waals surface area (Å²) >= 11 is 2.11. The predicted octanol–water partition coefficient (Wildman–Crippen LogP) is 6.45. The van der Waals surface area contributed by atoms with Crippen molar-refractivity contribution in [1.82, 2.24) is 9.80 Å². The minimum atomic E-state index is -0.972. The Kier molecular flexibility index (Phi) is 10.8. The molecule has 2 N–H and O–H groups in total. The summed E-state index contributed by atoms with van der Waals surface area (Å²) in [6.45, 7) is 6.84. The van der Waals surface area contributed by atoms with Gasteiger partial charge in [-0.2, -0.15) is 0 Å². The monoisotopic (exact) mass is 752 g/mol. The highest BCUT2D eigenvalue weighted by atomic mass is 127. The van der Waals surface area contributed by atoms with E-state index in [0.29, 0.717) is 24.9 Å². The molecule has 4 aliphatic rings. The molecule has 250 valence electrons. The molecule has 6 rings (SSSR count). The third kappa shape index (κ3) is 7.21. The van der Waals surface area contributed by atoms with Gasteiger partial charge in [-0.1, -0.05) is 60.9 Å². The molecule has 1 aliphatic carbocycles. The normalized spacial score (nSPS) is 25.8. The lowest BCUT2D eigenvalue weighted by Crippen LogP contribution is -2.48. The first kappa shape index (κ1) is 34.2. The van der Waals surface area contributed by atoms with Gasteiger partial charge in [-0.3, -0.25) is 19.4 Å². The van der Waals surface area contributed by atoms with Gasteiger partial charge in [0.25, 0.3) is 0 Å². The van der Waals surface area contributed by atoms with Gasteiger partial charge in [-0.25, -0.2) is 0 Å². The summed E-state index contributed by atoms with van der Waals surface area (Å²) in [6, 6.07) is 14.2. The quantitative estimate of drug-likeness (QED) is 0.125. The lowest BCUT2D eigenvalue weighted by atomic mass is 9.58. The first-order chi connectivity index (χ1) is 22.7. The van der Waals surface area contributed by atoms with Crippen LogP contribution in [0, 0.1) is 21.3 Å². The Balaban J connectivity index is 1.16. The molecule has 3 aliphatic heterocycles. The fraction of sp³-hybridized carbons (Fsp3) is 0.514. The molecule has 0 radical (unpaired) electrons. The van der Waals surface area contributed by atoms with Gasteiger partial charge in [-0.15, -0.1) is 0 Å². The zero-order chi connectivity index (χ0) is 33.2. The minimum Gasteiger partial charge on any atom is -0.504 e. The van der Waals surface area contributed by atoms with E-state index < -0.39 is 13.0 Å². The number of rotatable bonds is 10. The van der Waals surface area contributed by atoms with Gasteiger partial charge in [0.2, 0.25) is 11.8 Å². The van der Waals surface area contributed by atoms with E-state index in [-0.39, 0.29) is 41.5 Å². The molecule has 47 heavy (non-hydrogen) atoms. The molecule has 0 bridgehead atoms. The van der Waals surface area contributed by atoms with E-state index in [4.69, 9.17) is 9.39 Å². The van der Waals surface area contributed by atoms with Crippen LogP contribution in [0.3, 0.4) is 0 Å². The van der Waals surface area contributed by atoms with E-state index in [9.17, 15) is 19.7 Å². The average Bonchev–Trinajstić information content (AvgIpc) is 3.30. The predicted molar refractivity (Wildman–Crippen MR) is 192 cm³/mol. The maximum atomic E-state index is 14.2. The van der Waals surface area contributed by atoms with Crippen molar-refractivity contribution in [3.63, 3.8) is 0 Å². The molecule has 10 heteroatoms. The van der Waals surface area contributed by atoms with Crippen molar-refractivity contribution >= 4 is 47.6 Å². The van der Waals surface area contributed by atoms with Crippen molar-refractivity contribution in [2.75, 3.05) is 20.2 Å². The highest BCUT2D eigenvalue weighted by Crippen LogP contribution is 2.51. The van der Waals surface area contributed by atoms with Gasteiger partial charge in [0.05, 0.1) is 28.6 Å². The molecule has 4 atom stereocenters. The Hall–Kier alpha value is -2.67. The van der Waals surface area contributed by atoms with Gasteiger partial charge in [-0.05, 0) is 109 Å². The summed E-state index contributed by atoms with van der Waals surface area (Å²) in [4.78, 5) is 32.1. The maximum Gasteiger partial charge on any atom is 0.455 e. The van der Waals surface area contributed by atoms with Crippen LogP contribution in [0.25, 0.3) is 6.08 Å². The van der Waals surface area contributed by atoms with Crippen molar-refractivity contribution in [3.8, 4) is 11.5 Å². The van der Waals surface area contributed by atoms with Crippen molar-refractivity contribution < 1.29 is 29.1 Å². The van der Waals surface area contributed by atoms with Gasteiger partial charge in [0.1, 0.15) is 0 Å². The minimum absolute atomic E-state index is 0.0236. The Bertz CT molecular complexity index is 1540. The number of carbonyl (C=O) groups is 2. The largest absolute Gasteiger partial charge is 0.504 e. The number of amides is 2. The summed E-state index contributed by atoms with van der Waals surface area (Å²) < 4.78 is 12.3. The first-order valence-electron chi connectivity index (χ1n) is 17.1. The van der Waals surface area contributed by atoms with E-state index in [1.165, 1.54) is 11.1 Å². The Morgan fingerprint density at radius 2 is 1.85 bits per heavy atom. The third-order valence-corrected chi connectivity index (χ3v) is 11.4. The second-order valence-corrected chi connectivity index (χ2v) is 14.8. The van der Waals surface area contributed by atoms with Crippen molar-refractivity contribution in [3.05, 3.63) is 73.9 Å². The van der Waals surface area contributed by atoms with E-state index in [0.717, 1.165) is 72.0 Å². The number of ether oxygens (including phenoxy) is 1. The number of nitrogens with zero attached hydrogens (tertiary/aromatic N) is 2. The fourth-order valence-corrected chi connectivity index (χ4v) is 9.08. The SMILES string of the molecule is CCC/C(=C\c1cc(I)c(O)c(OC)c1)CC[C@H]1OB(O)C[C@H]2C1=C(C)C[C@H]1C(=O)N(C3CCN(Cc4ccccc4)CC3)C(=O)[C@H]12. The van der Waals surface area contributed by atoms with Crippen molar-refractivity contribution in [2.45, 2.75) is 83.8 Å². The number of hydrogen-bond acceptors (Lipinski definition) is 7. The standard InChI is InChI=1S/C37H46BIN2O6/c1-4-8-24(18-26-19-30(39)35(42)32(20-26)46-3)11-12-31-33-23(2)17-28-34(29(33)21-38(45)47-31)37(44)41(36(28)43)27-13-15-40(16-14-27)22-25-9-6-5-7-10-25/h5-7,9-10,18-20,27-29,31,34,42,45H,4,8,11-17,21-22H2,1-3H3/b24-18+/t28-,29+,31-,34-/m1/s1. The highest BCUT2D eigenvalue weighted by Gasteiger charge is 2.58. The van der Waals surface area contributed by atoms with Crippen LogP contribution >= 0.6 is 22.6 Å². The van der Waals surface area contributed by atoms with Crippen LogP contribution in [-0.2, 0) is 20.8 Å². The number of allylic oxidation sites excluding steroid dienone is 2. The second-order valence-electron chi connectivity index (χ2n) is 13.7. The highest BCUT2D eigenvalue weighted by molar-refractivity contribution is 14.1. The number of piperidine rings is 1. The topological polar surface area (TPSA) is 99.5 Å². The number of hydrogen-bond donors (Lipinski definition) is 2. The fourth-order valence-electron chi connectivity index (χ4n) is 8.46. The molecule has 8 nitrogen and oxygen atoms in total.